The molecule has 1 amide bonds. The van der Waals surface area contributed by atoms with Gasteiger partial charge in [0.2, 0.25) is 5.91 Å². The summed E-state index contributed by atoms with van der Waals surface area (Å²) in [6.45, 7) is 5.25. The molecule has 1 aliphatic heterocycles. The van der Waals surface area contributed by atoms with Crippen molar-refractivity contribution in [2.24, 2.45) is 0 Å². The minimum Gasteiger partial charge on any atom is -0.380 e. The lowest BCUT2D eigenvalue weighted by molar-refractivity contribution is -0.135. The minimum absolute atomic E-state index is 0.0773. The molecule has 0 aromatic heterocycles. The van der Waals surface area contributed by atoms with Crippen molar-refractivity contribution in [2.45, 2.75) is 38.5 Å². The number of amides is 1. The van der Waals surface area contributed by atoms with E-state index < -0.39 is 0 Å². The summed E-state index contributed by atoms with van der Waals surface area (Å²) in [7, 11) is 1.66. The number of rotatable bonds is 5. The standard InChI is InChI=1S/C16H23FN2O2/c1-4-19(11(2)12-5-7-13(17)8-6-12)16(20)15-9-14(21-3)10-18-15/h5-8,11,14-15,18H,4,9-10H2,1-3H3. The van der Waals surface area contributed by atoms with Gasteiger partial charge in [0.25, 0.3) is 0 Å². The first-order chi connectivity index (χ1) is 10.1. The van der Waals surface area contributed by atoms with E-state index in [-0.39, 0.29) is 29.9 Å². The van der Waals surface area contributed by atoms with Gasteiger partial charge >= 0.3 is 0 Å². The van der Waals surface area contributed by atoms with Gasteiger partial charge in [0.05, 0.1) is 18.2 Å². The number of carbonyl (C=O) groups excluding carboxylic acids is 1. The molecule has 0 radical (unpaired) electrons. The number of nitrogens with one attached hydrogen (secondary N) is 1. The van der Waals surface area contributed by atoms with Gasteiger partial charge in [-0.05, 0) is 38.0 Å². The Bertz CT molecular complexity index is 478. The average Bonchev–Trinajstić information content (AvgIpc) is 2.97. The van der Waals surface area contributed by atoms with E-state index in [1.807, 2.05) is 18.7 Å². The van der Waals surface area contributed by atoms with Crippen LogP contribution in [0.15, 0.2) is 24.3 Å². The molecule has 4 nitrogen and oxygen atoms in total. The third kappa shape index (κ3) is 3.60. The van der Waals surface area contributed by atoms with Crippen LogP contribution in [0.25, 0.3) is 0 Å². The largest absolute Gasteiger partial charge is 0.380 e. The van der Waals surface area contributed by atoms with Crippen LogP contribution in [0.4, 0.5) is 4.39 Å². The first-order valence-electron chi connectivity index (χ1n) is 7.39. The Morgan fingerprint density at radius 1 is 1.48 bits per heavy atom. The number of hydrogen-bond donors (Lipinski definition) is 1. The van der Waals surface area contributed by atoms with Gasteiger partial charge in [-0.1, -0.05) is 12.1 Å². The highest BCUT2D eigenvalue weighted by Gasteiger charge is 2.33. The zero-order valence-corrected chi connectivity index (χ0v) is 12.8. The van der Waals surface area contributed by atoms with E-state index in [0.29, 0.717) is 19.5 Å². The number of methoxy groups -OCH3 is 1. The molecule has 116 valence electrons. The summed E-state index contributed by atoms with van der Waals surface area (Å²) in [6.07, 6.45) is 0.792. The molecule has 3 atom stereocenters. The second-order valence-electron chi connectivity index (χ2n) is 5.41. The highest BCUT2D eigenvalue weighted by Crippen LogP contribution is 2.23. The van der Waals surface area contributed by atoms with Crippen LogP contribution in [0.1, 0.15) is 31.9 Å². The summed E-state index contributed by atoms with van der Waals surface area (Å²) in [4.78, 5) is 14.5. The van der Waals surface area contributed by atoms with E-state index in [1.54, 1.807) is 19.2 Å². The van der Waals surface area contributed by atoms with Crippen LogP contribution in [-0.4, -0.2) is 43.2 Å². The third-order valence-electron chi connectivity index (χ3n) is 4.17. The van der Waals surface area contributed by atoms with Gasteiger partial charge in [0, 0.05) is 20.2 Å². The Balaban J connectivity index is 2.08. The molecule has 1 heterocycles. The SMILES string of the molecule is CCN(C(=O)C1CC(OC)CN1)C(C)c1ccc(F)cc1. The topological polar surface area (TPSA) is 41.6 Å². The van der Waals surface area contributed by atoms with Crippen LogP contribution in [0.3, 0.4) is 0 Å². The first-order valence-corrected chi connectivity index (χ1v) is 7.39. The summed E-state index contributed by atoms with van der Waals surface area (Å²) in [5, 5.41) is 3.21. The van der Waals surface area contributed by atoms with Gasteiger partial charge < -0.3 is 15.0 Å². The summed E-state index contributed by atoms with van der Waals surface area (Å²) < 4.78 is 18.3. The Kier molecular flexibility index (Phi) is 5.31. The van der Waals surface area contributed by atoms with Crippen LogP contribution >= 0.6 is 0 Å². The molecule has 3 unspecified atom stereocenters. The number of hydrogen-bond acceptors (Lipinski definition) is 3. The van der Waals surface area contributed by atoms with Crippen molar-refractivity contribution >= 4 is 5.91 Å². The average molecular weight is 294 g/mol. The molecule has 0 aliphatic carbocycles. The minimum atomic E-state index is -0.263. The highest BCUT2D eigenvalue weighted by atomic mass is 19.1. The Labute approximate surface area is 125 Å². The fraction of sp³-hybridized carbons (Fsp3) is 0.562. The molecule has 21 heavy (non-hydrogen) atoms. The maximum atomic E-state index is 13.0. The monoisotopic (exact) mass is 294 g/mol. The lowest BCUT2D eigenvalue weighted by Crippen LogP contribution is -2.44. The Morgan fingerprint density at radius 2 is 2.14 bits per heavy atom. The van der Waals surface area contributed by atoms with Gasteiger partial charge in [0.15, 0.2) is 0 Å². The number of nitrogens with zero attached hydrogens (tertiary/aromatic N) is 1. The maximum absolute atomic E-state index is 13.0. The van der Waals surface area contributed by atoms with Crippen molar-refractivity contribution in [2.75, 3.05) is 20.2 Å². The normalized spacial score (nSPS) is 23.0. The van der Waals surface area contributed by atoms with Crippen LogP contribution in [-0.2, 0) is 9.53 Å². The fourth-order valence-corrected chi connectivity index (χ4v) is 2.81. The number of ether oxygens (including phenoxy) is 1. The molecule has 1 saturated heterocycles. The predicted octanol–water partition coefficient (Wildman–Crippen LogP) is 2.11. The van der Waals surface area contributed by atoms with E-state index in [0.717, 1.165) is 5.56 Å². The third-order valence-corrected chi connectivity index (χ3v) is 4.17. The number of halogens is 1. The van der Waals surface area contributed by atoms with Crippen molar-refractivity contribution in [3.63, 3.8) is 0 Å². The maximum Gasteiger partial charge on any atom is 0.240 e. The first kappa shape index (κ1) is 15.9. The van der Waals surface area contributed by atoms with E-state index in [2.05, 4.69) is 5.32 Å². The molecule has 1 aromatic carbocycles. The summed E-state index contributed by atoms with van der Waals surface area (Å²) in [5.41, 5.74) is 0.938. The zero-order chi connectivity index (χ0) is 15.4. The van der Waals surface area contributed by atoms with E-state index >= 15 is 0 Å². The Morgan fingerprint density at radius 3 is 2.67 bits per heavy atom. The molecule has 0 spiro atoms. The Hall–Kier alpha value is -1.46. The molecule has 0 bridgehead atoms. The molecule has 1 aromatic rings. The van der Waals surface area contributed by atoms with Crippen LogP contribution in [0, 0.1) is 5.82 Å². The zero-order valence-electron chi connectivity index (χ0n) is 12.8. The van der Waals surface area contributed by atoms with Crippen molar-refractivity contribution in [1.82, 2.24) is 10.2 Å². The van der Waals surface area contributed by atoms with Crippen molar-refractivity contribution in [1.29, 1.82) is 0 Å². The fourth-order valence-electron chi connectivity index (χ4n) is 2.81. The smallest absolute Gasteiger partial charge is 0.240 e. The van der Waals surface area contributed by atoms with Crippen LogP contribution < -0.4 is 5.32 Å². The number of benzene rings is 1. The van der Waals surface area contributed by atoms with Gasteiger partial charge in [-0.15, -0.1) is 0 Å². The predicted molar refractivity (Wildman–Crippen MR) is 79.4 cm³/mol. The quantitative estimate of drug-likeness (QED) is 0.904. The van der Waals surface area contributed by atoms with Crippen LogP contribution in [0.5, 0.6) is 0 Å². The molecule has 0 saturated carbocycles. The second-order valence-corrected chi connectivity index (χ2v) is 5.41. The molecule has 1 aliphatic rings. The van der Waals surface area contributed by atoms with Gasteiger partial charge in [-0.3, -0.25) is 4.79 Å². The molecular weight excluding hydrogens is 271 g/mol. The lowest BCUT2D eigenvalue weighted by Gasteiger charge is -2.30. The van der Waals surface area contributed by atoms with E-state index in [4.69, 9.17) is 4.74 Å². The molecular formula is C16H23FN2O2. The van der Waals surface area contributed by atoms with Gasteiger partial charge in [-0.2, -0.15) is 0 Å². The highest BCUT2D eigenvalue weighted by molar-refractivity contribution is 5.82. The van der Waals surface area contributed by atoms with Gasteiger partial charge in [-0.25, -0.2) is 4.39 Å². The van der Waals surface area contributed by atoms with Crippen molar-refractivity contribution < 1.29 is 13.9 Å². The summed E-state index contributed by atoms with van der Waals surface area (Å²) in [5.74, 6) is -0.186. The second kappa shape index (κ2) is 7.00. The lowest BCUT2D eigenvalue weighted by atomic mass is 10.1. The van der Waals surface area contributed by atoms with Crippen LogP contribution in [0.2, 0.25) is 0 Å². The van der Waals surface area contributed by atoms with E-state index in [1.165, 1.54) is 12.1 Å². The summed E-state index contributed by atoms with van der Waals surface area (Å²) in [6, 6.07) is 6.05. The van der Waals surface area contributed by atoms with Crippen molar-refractivity contribution in [3.8, 4) is 0 Å². The van der Waals surface area contributed by atoms with Gasteiger partial charge in [0.1, 0.15) is 5.82 Å². The number of likely N-dealkylation sites (N-methyl/N-ethyl adjacent to an activating group) is 1. The molecule has 1 fully saturated rings. The van der Waals surface area contributed by atoms with Crippen molar-refractivity contribution in [3.05, 3.63) is 35.6 Å². The molecule has 5 heteroatoms. The van der Waals surface area contributed by atoms with E-state index in [9.17, 15) is 9.18 Å². The summed E-state index contributed by atoms with van der Waals surface area (Å²) >= 11 is 0. The molecule has 1 N–H and O–H groups in total. The molecule has 2 rings (SSSR count). The number of carbonyl (C=O) groups is 1.